The van der Waals surface area contributed by atoms with Crippen LogP contribution in [0, 0.1) is 12.8 Å². The number of hydrogen-bond donors (Lipinski definition) is 1. The zero-order valence-corrected chi connectivity index (χ0v) is 10.4. The van der Waals surface area contributed by atoms with Gasteiger partial charge in [0.1, 0.15) is 0 Å². The zero-order chi connectivity index (χ0) is 12.4. The fourth-order valence-electron chi connectivity index (χ4n) is 2.20. The summed E-state index contributed by atoms with van der Waals surface area (Å²) in [5.41, 5.74) is 7.64. The van der Waals surface area contributed by atoms with Crippen molar-refractivity contribution < 1.29 is 4.79 Å². The van der Waals surface area contributed by atoms with Gasteiger partial charge in [-0.2, -0.15) is 0 Å². The van der Waals surface area contributed by atoms with E-state index >= 15 is 0 Å². The lowest BCUT2D eigenvalue weighted by Crippen LogP contribution is -2.48. The van der Waals surface area contributed by atoms with Crippen molar-refractivity contribution in [2.24, 2.45) is 11.7 Å². The van der Waals surface area contributed by atoms with Gasteiger partial charge >= 0.3 is 0 Å². The minimum Gasteiger partial charge on any atom is -0.338 e. The first kappa shape index (κ1) is 12.0. The summed E-state index contributed by atoms with van der Waals surface area (Å²) in [6.45, 7) is 5.53. The third kappa shape index (κ3) is 2.64. The molecule has 2 N–H and O–H groups in total. The fourth-order valence-corrected chi connectivity index (χ4v) is 2.20. The van der Waals surface area contributed by atoms with Crippen molar-refractivity contribution in [2.45, 2.75) is 26.3 Å². The first-order chi connectivity index (χ1) is 8.08. The Hall–Kier alpha value is -1.42. The van der Waals surface area contributed by atoms with Crippen LogP contribution in [0.5, 0.6) is 0 Å². The number of nitrogens with zero attached hydrogens (tertiary/aromatic N) is 2. The van der Waals surface area contributed by atoms with Crippen LogP contribution in [-0.4, -0.2) is 34.9 Å². The van der Waals surface area contributed by atoms with Crippen molar-refractivity contribution in [1.29, 1.82) is 0 Å². The minimum atomic E-state index is 0.0694. The van der Waals surface area contributed by atoms with E-state index in [0.29, 0.717) is 11.5 Å². The number of amides is 1. The smallest absolute Gasteiger partial charge is 0.255 e. The van der Waals surface area contributed by atoms with Crippen molar-refractivity contribution in [2.75, 3.05) is 13.1 Å². The maximum Gasteiger partial charge on any atom is 0.255 e. The molecule has 1 aliphatic heterocycles. The van der Waals surface area contributed by atoms with Crippen molar-refractivity contribution in [1.82, 2.24) is 9.88 Å². The van der Waals surface area contributed by atoms with Crippen LogP contribution in [0.15, 0.2) is 18.5 Å². The molecule has 1 aliphatic rings. The minimum absolute atomic E-state index is 0.0694. The van der Waals surface area contributed by atoms with Crippen LogP contribution in [0.25, 0.3) is 0 Å². The van der Waals surface area contributed by atoms with Crippen LogP contribution in [0.3, 0.4) is 0 Å². The fraction of sp³-hybridized carbons (Fsp3) is 0.538. The molecule has 1 aromatic rings. The molecule has 1 aromatic heterocycles. The second-order valence-electron chi connectivity index (χ2n) is 4.93. The summed E-state index contributed by atoms with van der Waals surface area (Å²) in [4.78, 5) is 18.2. The van der Waals surface area contributed by atoms with Crippen LogP contribution in [0.2, 0.25) is 0 Å². The SMILES string of the molecule is Cc1cncc(C(=O)N2CCC(N)C(C)C2)c1. The molecule has 1 saturated heterocycles. The quantitative estimate of drug-likeness (QED) is 0.793. The molecule has 92 valence electrons. The number of carbonyl (C=O) groups is 1. The van der Waals surface area contributed by atoms with Gasteiger partial charge in [-0.05, 0) is 30.9 Å². The van der Waals surface area contributed by atoms with Gasteiger partial charge in [-0.3, -0.25) is 9.78 Å². The first-order valence-corrected chi connectivity index (χ1v) is 6.04. The van der Waals surface area contributed by atoms with E-state index in [1.807, 2.05) is 17.9 Å². The molecule has 0 aliphatic carbocycles. The van der Waals surface area contributed by atoms with E-state index < -0.39 is 0 Å². The van der Waals surface area contributed by atoms with Gasteiger partial charge in [0.2, 0.25) is 0 Å². The molecule has 0 aromatic carbocycles. The molecule has 17 heavy (non-hydrogen) atoms. The van der Waals surface area contributed by atoms with Crippen LogP contribution < -0.4 is 5.73 Å². The monoisotopic (exact) mass is 233 g/mol. The molecule has 4 nitrogen and oxygen atoms in total. The number of pyridine rings is 1. The van der Waals surface area contributed by atoms with Gasteiger partial charge in [-0.15, -0.1) is 0 Å². The molecular formula is C13H19N3O. The topological polar surface area (TPSA) is 59.2 Å². The summed E-state index contributed by atoms with van der Waals surface area (Å²) in [6.07, 6.45) is 4.27. The maximum atomic E-state index is 12.2. The lowest BCUT2D eigenvalue weighted by molar-refractivity contribution is 0.0663. The molecule has 1 fully saturated rings. The summed E-state index contributed by atoms with van der Waals surface area (Å²) in [7, 11) is 0. The van der Waals surface area contributed by atoms with Crippen molar-refractivity contribution >= 4 is 5.91 Å². The second kappa shape index (κ2) is 4.84. The number of nitrogens with two attached hydrogens (primary N) is 1. The van der Waals surface area contributed by atoms with Gasteiger partial charge < -0.3 is 10.6 Å². The van der Waals surface area contributed by atoms with Crippen LogP contribution in [0.1, 0.15) is 29.3 Å². The Morgan fingerprint density at radius 3 is 2.94 bits per heavy atom. The van der Waals surface area contributed by atoms with E-state index in [4.69, 9.17) is 5.73 Å². The molecule has 0 radical (unpaired) electrons. The Bertz CT molecular complexity index is 419. The molecule has 2 rings (SSSR count). The standard InChI is InChI=1S/C13H19N3O/c1-9-5-11(7-15-6-9)13(17)16-4-3-12(14)10(2)8-16/h5-7,10,12H,3-4,8,14H2,1-2H3. The third-order valence-electron chi connectivity index (χ3n) is 3.38. The molecule has 2 unspecified atom stereocenters. The summed E-state index contributed by atoms with van der Waals surface area (Å²) in [6, 6.07) is 2.10. The Morgan fingerprint density at radius 1 is 1.53 bits per heavy atom. The van der Waals surface area contributed by atoms with Crippen LogP contribution in [-0.2, 0) is 0 Å². The van der Waals surface area contributed by atoms with Gasteiger partial charge in [0, 0.05) is 31.5 Å². The van der Waals surface area contributed by atoms with Crippen molar-refractivity contribution in [3.05, 3.63) is 29.6 Å². The van der Waals surface area contributed by atoms with Crippen LogP contribution >= 0.6 is 0 Å². The van der Waals surface area contributed by atoms with Gasteiger partial charge in [-0.1, -0.05) is 6.92 Å². The highest BCUT2D eigenvalue weighted by Crippen LogP contribution is 2.17. The van der Waals surface area contributed by atoms with E-state index in [2.05, 4.69) is 11.9 Å². The maximum absolute atomic E-state index is 12.2. The van der Waals surface area contributed by atoms with E-state index in [-0.39, 0.29) is 11.9 Å². The number of carbonyl (C=O) groups excluding carboxylic acids is 1. The summed E-state index contributed by atoms with van der Waals surface area (Å²) < 4.78 is 0. The number of likely N-dealkylation sites (tertiary alicyclic amines) is 1. The highest BCUT2D eigenvalue weighted by molar-refractivity contribution is 5.94. The van der Waals surface area contributed by atoms with Crippen LogP contribution in [0.4, 0.5) is 0 Å². The van der Waals surface area contributed by atoms with Gasteiger partial charge in [0.25, 0.3) is 5.91 Å². The summed E-state index contributed by atoms with van der Waals surface area (Å²) in [5.74, 6) is 0.436. The number of piperidine rings is 1. The number of aryl methyl sites for hydroxylation is 1. The summed E-state index contributed by atoms with van der Waals surface area (Å²) >= 11 is 0. The lowest BCUT2D eigenvalue weighted by atomic mass is 9.94. The molecule has 1 amide bonds. The zero-order valence-electron chi connectivity index (χ0n) is 10.4. The Labute approximate surface area is 102 Å². The van der Waals surface area contributed by atoms with E-state index in [1.165, 1.54) is 0 Å². The molecule has 0 bridgehead atoms. The average molecular weight is 233 g/mol. The van der Waals surface area contributed by atoms with Gasteiger partial charge in [0.15, 0.2) is 0 Å². The number of rotatable bonds is 1. The number of hydrogen-bond acceptors (Lipinski definition) is 3. The molecule has 0 saturated carbocycles. The summed E-state index contributed by atoms with van der Waals surface area (Å²) in [5, 5.41) is 0. The van der Waals surface area contributed by atoms with E-state index in [9.17, 15) is 4.79 Å². The van der Waals surface area contributed by atoms with Crippen molar-refractivity contribution in [3.63, 3.8) is 0 Å². The lowest BCUT2D eigenvalue weighted by Gasteiger charge is -2.35. The van der Waals surface area contributed by atoms with E-state index in [0.717, 1.165) is 25.1 Å². The predicted octanol–water partition coefficient (Wildman–Crippen LogP) is 1.20. The Kier molecular flexibility index (Phi) is 3.43. The normalized spacial score (nSPS) is 24.8. The van der Waals surface area contributed by atoms with E-state index in [1.54, 1.807) is 12.4 Å². The number of aromatic nitrogens is 1. The molecule has 2 heterocycles. The van der Waals surface area contributed by atoms with Gasteiger partial charge in [-0.25, -0.2) is 0 Å². The largest absolute Gasteiger partial charge is 0.338 e. The van der Waals surface area contributed by atoms with Gasteiger partial charge in [0.05, 0.1) is 5.56 Å². The predicted molar refractivity (Wildman–Crippen MR) is 66.6 cm³/mol. The van der Waals surface area contributed by atoms with Crippen molar-refractivity contribution in [3.8, 4) is 0 Å². The molecule has 0 spiro atoms. The first-order valence-electron chi connectivity index (χ1n) is 6.04. The third-order valence-corrected chi connectivity index (χ3v) is 3.38. The average Bonchev–Trinajstić information content (AvgIpc) is 2.32. The molecule has 2 atom stereocenters. The highest BCUT2D eigenvalue weighted by Gasteiger charge is 2.26. The highest BCUT2D eigenvalue weighted by atomic mass is 16.2. The second-order valence-corrected chi connectivity index (χ2v) is 4.93. The Morgan fingerprint density at radius 2 is 2.29 bits per heavy atom. The Balaban J connectivity index is 2.10. The molecular weight excluding hydrogens is 214 g/mol. The molecule has 4 heteroatoms.